The summed E-state index contributed by atoms with van der Waals surface area (Å²) in [6, 6.07) is 4.87. The molecular weight excluding hydrogens is 257 g/mol. The maximum Gasteiger partial charge on any atom is 0.328 e. The number of likely N-dealkylation sites (tertiary alicyclic amines) is 1. The number of benzene rings is 1. The van der Waals surface area contributed by atoms with E-state index in [1.165, 1.54) is 12.1 Å². The van der Waals surface area contributed by atoms with E-state index in [4.69, 9.17) is 5.11 Å². The zero-order valence-corrected chi connectivity index (χ0v) is 11.9. The molecule has 1 aliphatic heterocycles. The van der Waals surface area contributed by atoms with Gasteiger partial charge in [-0.1, -0.05) is 26.0 Å². The van der Waals surface area contributed by atoms with Crippen LogP contribution in [0.2, 0.25) is 0 Å². The van der Waals surface area contributed by atoms with Gasteiger partial charge in [0.15, 0.2) is 0 Å². The third-order valence-electron chi connectivity index (χ3n) is 3.65. The number of carboxylic acid groups (broad SMARTS) is 1. The maximum absolute atomic E-state index is 14.0. The highest BCUT2D eigenvalue weighted by Crippen LogP contribution is 2.30. The summed E-state index contributed by atoms with van der Waals surface area (Å²) in [5.41, 5.74) is 1.53. The fourth-order valence-corrected chi connectivity index (χ4v) is 2.56. The predicted molar refractivity (Wildman–Crippen MR) is 76.7 cm³/mol. The Kier molecular flexibility index (Phi) is 4.23. The van der Waals surface area contributed by atoms with Gasteiger partial charge in [0.2, 0.25) is 0 Å². The maximum atomic E-state index is 14.0. The second-order valence-electron chi connectivity index (χ2n) is 6.15. The molecule has 0 aliphatic carbocycles. The van der Waals surface area contributed by atoms with Crippen molar-refractivity contribution in [1.82, 2.24) is 4.90 Å². The summed E-state index contributed by atoms with van der Waals surface area (Å²) < 4.78 is 14.0. The molecule has 1 aromatic rings. The van der Waals surface area contributed by atoms with E-state index in [-0.39, 0.29) is 5.82 Å². The number of aliphatic carboxylic acids is 1. The first-order valence-electron chi connectivity index (χ1n) is 6.77. The van der Waals surface area contributed by atoms with Crippen LogP contribution in [0.4, 0.5) is 4.39 Å². The van der Waals surface area contributed by atoms with Crippen molar-refractivity contribution in [2.45, 2.75) is 26.8 Å². The van der Waals surface area contributed by atoms with Crippen LogP contribution in [0.25, 0.3) is 6.08 Å². The van der Waals surface area contributed by atoms with E-state index in [9.17, 15) is 9.18 Å². The van der Waals surface area contributed by atoms with E-state index in [0.717, 1.165) is 25.6 Å². The minimum Gasteiger partial charge on any atom is -0.478 e. The van der Waals surface area contributed by atoms with Crippen LogP contribution in [0, 0.1) is 11.2 Å². The van der Waals surface area contributed by atoms with Crippen LogP contribution in [-0.2, 0) is 11.3 Å². The summed E-state index contributed by atoms with van der Waals surface area (Å²) in [5.74, 6) is -1.31. The predicted octanol–water partition coefficient (Wildman–Crippen LogP) is 3.16. The summed E-state index contributed by atoms with van der Waals surface area (Å²) in [7, 11) is 0. The molecule has 0 aromatic heterocycles. The second kappa shape index (κ2) is 5.75. The minimum atomic E-state index is -1.03. The molecule has 4 heteroatoms. The van der Waals surface area contributed by atoms with E-state index in [1.807, 2.05) is 0 Å². The molecule has 1 saturated heterocycles. The molecule has 1 aromatic carbocycles. The highest BCUT2D eigenvalue weighted by Gasteiger charge is 2.29. The molecule has 108 valence electrons. The molecule has 0 spiro atoms. The fourth-order valence-electron chi connectivity index (χ4n) is 2.56. The molecule has 1 fully saturated rings. The van der Waals surface area contributed by atoms with Gasteiger partial charge in [0.25, 0.3) is 0 Å². The zero-order chi connectivity index (χ0) is 14.8. The van der Waals surface area contributed by atoms with Crippen molar-refractivity contribution in [2.24, 2.45) is 5.41 Å². The van der Waals surface area contributed by atoms with Gasteiger partial charge >= 0.3 is 5.97 Å². The molecule has 0 amide bonds. The molecule has 0 atom stereocenters. The first-order chi connectivity index (χ1) is 9.35. The number of halogens is 1. The Balaban J connectivity index is 2.05. The van der Waals surface area contributed by atoms with Gasteiger partial charge in [0, 0.05) is 24.7 Å². The number of carboxylic acids is 1. The first kappa shape index (κ1) is 14.7. The third-order valence-corrected chi connectivity index (χ3v) is 3.65. The standard InChI is InChI=1S/C16H20FNO2/c1-16(2)7-8-18(11-16)10-13-5-3-12(9-14(13)17)4-6-15(19)20/h3-6,9H,7-8,10-11H2,1-2H3,(H,19,20)/b6-4+. The lowest BCUT2D eigenvalue weighted by molar-refractivity contribution is -0.131. The highest BCUT2D eigenvalue weighted by molar-refractivity contribution is 5.85. The summed E-state index contributed by atoms with van der Waals surface area (Å²) in [6.07, 6.45) is 3.54. The first-order valence-corrected chi connectivity index (χ1v) is 6.77. The number of hydrogen-bond acceptors (Lipinski definition) is 2. The van der Waals surface area contributed by atoms with Gasteiger partial charge in [-0.3, -0.25) is 4.90 Å². The monoisotopic (exact) mass is 277 g/mol. The van der Waals surface area contributed by atoms with Gasteiger partial charge in [-0.05, 0) is 36.1 Å². The van der Waals surface area contributed by atoms with Crippen molar-refractivity contribution < 1.29 is 14.3 Å². The number of carbonyl (C=O) groups is 1. The van der Waals surface area contributed by atoms with Crippen LogP contribution in [0.3, 0.4) is 0 Å². The molecule has 0 saturated carbocycles. The Bertz CT molecular complexity index is 537. The lowest BCUT2D eigenvalue weighted by Gasteiger charge is -2.20. The van der Waals surface area contributed by atoms with Gasteiger partial charge < -0.3 is 5.11 Å². The molecule has 3 nitrogen and oxygen atoms in total. The Hall–Kier alpha value is -1.68. The van der Waals surface area contributed by atoms with Crippen molar-refractivity contribution in [2.75, 3.05) is 13.1 Å². The van der Waals surface area contributed by atoms with E-state index in [2.05, 4.69) is 18.7 Å². The summed E-state index contributed by atoms with van der Waals surface area (Å²) in [4.78, 5) is 12.7. The molecule has 1 heterocycles. The lowest BCUT2D eigenvalue weighted by atomic mass is 9.93. The van der Waals surface area contributed by atoms with Crippen LogP contribution in [-0.4, -0.2) is 29.1 Å². The van der Waals surface area contributed by atoms with E-state index in [0.29, 0.717) is 23.1 Å². The van der Waals surface area contributed by atoms with Gasteiger partial charge in [-0.25, -0.2) is 9.18 Å². The fraction of sp³-hybridized carbons (Fsp3) is 0.438. The van der Waals surface area contributed by atoms with Gasteiger partial charge in [0.1, 0.15) is 5.82 Å². The zero-order valence-electron chi connectivity index (χ0n) is 11.9. The van der Waals surface area contributed by atoms with Crippen LogP contribution in [0.5, 0.6) is 0 Å². The second-order valence-corrected chi connectivity index (χ2v) is 6.15. The lowest BCUT2D eigenvalue weighted by Crippen LogP contribution is -2.23. The molecule has 0 bridgehead atoms. The summed E-state index contributed by atoms with van der Waals surface area (Å²) >= 11 is 0. The highest BCUT2D eigenvalue weighted by atomic mass is 19.1. The molecule has 20 heavy (non-hydrogen) atoms. The van der Waals surface area contributed by atoms with Crippen LogP contribution < -0.4 is 0 Å². The molecule has 2 rings (SSSR count). The molecule has 0 unspecified atom stereocenters. The van der Waals surface area contributed by atoms with E-state index in [1.54, 1.807) is 12.1 Å². The van der Waals surface area contributed by atoms with Gasteiger partial charge in [-0.2, -0.15) is 0 Å². The average Bonchev–Trinajstić information content (AvgIpc) is 2.69. The smallest absolute Gasteiger partial charge is 0.328 e. The molecule has 1 N–H and O–H groups in total. The molecular formula is C16H20FNO2. The Labute approximate surface area is 118 Å². The van der Waals surface area contributed by atoms with E-state index >= 15 is 0 Å². The van der Waals surface area contributed by atoms with Crippen molar-refractivity contribution in [1.29, 1.82) is 0 Å². The molecule has 1 aliphatic rings. The topological polar surface area (TPSA) is 40.5 Å². The van der Waals surface area contributed by atoms with Gasteiger partial charge in [0.05, 0.1) is 0 Å². The Morgan fingerprint density at radius 1 is 1.50 bits per heavy atom. The van der Waals surface area contributed by atoms with Gasteiger partial charge in [-0.15, -0.1) is 0 Å². The normalized spacial score (nSPS) is 18.8. The third kappa shape index (κ3) is 3.90. The Morgan fingerprint density at radius 2 is 2.25 bits per heavy atom. The largest absolute Gasteiger partial charge is 0.478 e. The van der Waals surface area contributed by atoms with Crippen LogP contribution in [0.1, 0.15) is 31.4 Å². The number of nitrogens with zero attached hydrogens (tertiary/aromatic N) is 1. The number of hydrogen-bond donors (Lipinski definition) is 1. The summed E-state index contributed by atoms with van der Waals surface area (Å²) in [6.45, 7) is 7.03. The quantitative estimate of drug-likeness (QED) is 0.859. The van der Waals surface area contributed by atoms with Crippen molar-refractivity contribution in [3.63, 3.8) is 0 Å². The van der Waals surface area contributed by atoms with Crippen molar-refractivity contribution in [3.8, 4) is 0 Å². The van der Waals surface area contributed by atoms with Crippen molar-refractivity contribution in [3.05, 3.63) is 41.2 Å². The van der Waals surface area contributed by atoms with E-state index < -0.39 is 5.97 Å². The Morgan fingerprint density at radius 3 is 2.80 bits per heavy atom. The van der Waals surface area contributed by atoms with Crippen LogP contribution in [0.15, 0.2) is 24.3 Å². The SMILES string of the molecule is CC1(C)CCN(Cc2ccc(/C=C/C(=O)O)cc2F)C1. The minimum absolute atomic E-state index is 0.276. The molecule has 0 radical (unpaired) electrons. The summed E-state index contributed by atoms with van der Waals surface area (Å²) in [5, 5.41) is 8.55. The number of rotatable bonds is 4. The van der Waals surface area contributed by atoms with Crippen molar-refractivity contribution >= 4 is 12.0 Å². The van der Waals surface area contributed by atoms with Crippen LogP contribution >= 0.6 is 0 Å². The average molecular weight is 277 g/mol.